The Morgan fingerprint density at radius 2 is 1.65 bits per heavy atom. The molecule has 0 aromatic heterocycles. The quantitative estimate of drug-likeness (QED) is 0.759. The number of carbonyl (C=O) groups is 2. The van der Waals surface area contributed by atoms with Crippen molar-refractivity contribution in [3.8, 4) is 0 Å². The average Bonchev–Trinajstić information content (AvgIpc) is 2.60. The summed E-state index contributed by atoms with van der Waals surface area (Å²) >= 11 is 0. The van der Waals surface area contributed by atoms with E-state index in [4.69, 9.17) is 0 Å². The number of nitrogens with one attached hydrogen (secondary N) is 2. The molecule has 6 nitrogen and oxygen atoms in total. The summed E-state index contributed by atoms with van der Waals surface area (Å²) in [5, 5.41) is 2.97. The Morgan fingerprint density at radius 1 is 1.04 bits per heavy atom. The molecule has 2 rings (SSSR count). The van der Waals surface area contributed by atoms with E-state index in [2.05, 4.69) is 22.3 Å². The number of para-hydroxylation sites is 1. The number of likely N-dealkylation sites (N-methyl/N-ethyl adjacent to an activating group) is 1. The molecule has 1 aromatic rings. The van der Waals surface area contributed by atoms with Gasteiger partial charge in [-0.15, -0.1) is 0 Å². The van der Waals surface area contributed by atoms with E-state index in [-0.39, 0.29) is 17.4 Å². The molecule has 0 radical (unpaired) electrons. The number of hydrogen-bond acceptors (Lipinski definition) is 3. The number of piperazine rings is 1. The summed E-state index contributed by atoms with van der Waals surface area (Å²) in [4.78, 5) is 30.0. The van der Waals surface area contributed by atoms with Crippen LogP contribution in [0, 0.1) is 0 Å². The van der Waals surface area contributed by atoms with Crippen LogP contribution < -0.4 is 15.1 Å². The molecular formula is C20H33N4O2+. The molecule has 2 amide bonds. The molecule has 1 aliphatic rings. The summed E-state index contributed by atoms with van der Waals surface area (Å²) in [6.07, 6.45) is 0. The van der Waals surface area contributed by atoms with Crippen LogP contribution in [0.15, 0.2) is 30.3 Å². The minimum absolute atomic E-state index is 0.00366. The first kappa shape index (κ1) is 20.2. The molecule has 0 saturated carbocycles. The van der Waals surface area contributed by atoms with Gasteiger partial charge in [0.15, 0.2) is 13.1 Å². The van der Waals surface area contributed by atoms with Crippen LogP contribution in [0.3, 0.4) is 0 Å². The van der Waals surface area contributed by atoms with Crippen molar-refractivity contribution in [3.63, 3.8) is 0 Å². The van der Waals surface area contributed by atoms with E-state index in [1.54, 1.807) is 0 Å². The fourth-order valence-corrected chi connectivity index (χ4v) is 3.18. The second kappa shape index (κ2) is 9.03. The highest BCUT2D eigenvalue weighted by Gasteiger charge is 2.25. The Balaban J connectivity index is 1.81. The van der Waals surface area contributed by atoms with Gasteiger partial charge in [-0.25, -0.2) is 0 Å². The summed E-state index contributed by atoms with van der Waals surface area (Å²) in [7, 11) is 0. The molecule has 0 aliphatic carbocycles. The SMILES string of the molecule is CC[NH+](CC(=O)NC(C)(C)C)CC(=O)N1CCN(c2ccccc2)CC1. The lowest BCUT2D eigenvalue weighted by molar-refractivity contribution is -0.882. The number of benzene rings is 1. The highest BCUT2D eigenvalue weighted by atomic mass is 16.2. The smallest absolute Gasteiger partial charge is 0.277 e. The Kier molecular flexibility index (Phi) is 7.03. The van der Waals surface area contributed by atoms with E-state index in [1.165, 1.54) is 5.69 Å². The van der Waals surface area contributed by atoms with Crippen LogP contribution >= 0.6 is 0 Å². The molecule has 1 unspecified atom stereocenters. The Hall–Kier alpha value is -2.08. The third-order valence-electron chi connectivity index (χ3n) is 4.58. The molecule has 1 atom stereocenters. The summed E-state index contributed by atoms with van der Waals surface area (Å²) < 4.78 is 0. The minimum Gasteiger partial charge on any atom is -0.368 e. The molecule has 0 bridgehead atoms. The molecule has 26 heavy (non-hydrogen) atoms. The minimum atomic E-state index is -0.242. The number of hydrogen-bond donors (Lipinski definition) is 2. The molecule has 1 saturated heterocycles. The lowest BCUT2D eigenvalue weighted by atomic mass is 10.1. The summed E-state index contributed by atoms with van der Waals surface area (Å²) in [6.45, 7) is 12.5. The van der Waals surface area contributed by atoms with Crippen molar-refractivity contribution in [3.05, 3.63) is 30.3 Å². The van der Waals surface area contributed by atoms with Gasteiger partial charge in [0.25, 0.3) is 11.8 Å². The van der Waals surface area contributed by atoms with E-state index in [0.29, 0.717) is 13.1 Å². The fourth-order valence-electron chi connectivity index (χ4n) is 3.18. The Bertz CT molecular complexity index is 590. The number of rotatable bonds is 6. The van der Waals surface area contributed by atoms with Gasteiger partial charge in [0, 0.05) is 37.4 Å². The van der Waals surface area contributed by atoms with Crippen molar-refractivity contribution in [1.82, 2.24) is 10.2 Å². The van der Waals surface area contributed by atoms with Gasteiger partial charge >= 0.3 is 0 Å². The van der Waals surface area contributed by atoms with E-state index >= 15 is 0 Å². The van der Waals surface area contributed by atoms with Gasteiger partial charge in [0.1, 0.15) is 0 Å². The molecule has 2 N–H and O–H groups in total. The van der Waals surface area contributed by atoms with Crippen molar-refractivity contribution in [1.29, 1.82) is 0 Å². The fraction of sp³-hybridized carbons (Fsp3) is 0.600. The van der Waals surface area contributed by atoms with Crippen molar-refractivity contribution in [2.24, 2.45) is 0 Å². The standard InChI is InChI=1S/C20H32N4O2/c1-5-22(15-18(25)21-20(2,3)4)16-19(26)24-13-11-23(12-14-24)17-9-7-6-8-10-17/h6-10H,5,11-16H2,1-4H3,(H,21,25)/p+1. The molecule has 1 aliphatic heterocycles. The summed E-state index contributed by atoms with van der Waals surface area (Å²) in [6, 6.07) is 10.3. The Labute approximate surface area is 157 Å². The lowest BCUT2D eigenvalue weighted by Crippen LogP contribution is -3.14. The third-order valence-corrected chi connectivity index (χ3v) is 4.58. The van der Waals surface area contributed by atoms with Crippen LogP contribution in [-0.4, -0.2) is 68.1 Å². The second-order valence-corrected chi connectivity index (χ2v) is 7.96. The van der Waals surface area contributed by atoms with Crippen LogP contribution in [0.5, 0.6) is 0 Å². The van der Waals surface area contributed by atoms with E-state index in [1.807, 2.05) is 50.8 Å². The molecule has 144 valence electrons. The highest BCUT2D eigenvalue weighted by molar-refractivity contribution is 5.79. The van der Waals surface area contributed by atoms with Crippen molar-refractivity contribution >= 4 is 17.5 Å². The van der Waals surface area contributed by atoms with Crippen LogP contribution in [0.4, 0.5) is 5.69 Å². The molecule has 1 aromatic carbocycles. The van der Waals surface area contributed by atoms with Gasteiger partial charge in [-0.2, -0.15) is 0 Å². The number of quaternary nitrogens is 1. The Morgan fingerprint density at radius 3 is 2.19 bits per heavy atom. The maximum Gasteiger partial charge on any atom is 0.277 e. The topological polar surface area (TPSA) is 57.1 Å². The number of anilines is 1. The first-order valence-corrected chi connectivity index (χ1v) is 9.51. The maximum atomic E-state index is 12.6. The molecule has 6 heteroatoms. The lowest BCUT2D eigenvalue weighted by Gasteiger charge is -2.36. The van der Waals surface area contributed by atoms with Gasteiger partial charge in [0.05, 0.1) is 6.54 Å². The van der Waals surface area contributed by atoms with Crippen molar-refractivity contribution in [2.75, 3.05) is 50.7 Å². The average molecular weight is 362 g/mol. The van der Waals surface area contributed by atoms with Crippen molar-refractivity contribution < 1.29 is 14.5 Å². The molecule has 0 spiro atoms. The van der Waals surface area contributed by atoms with Gasteiger partial charge in [-0.1, -0.05) is 18.2 Å². The first-order valence-electron chi connectivity index (χ1n) is 9.51. The van der Waals surface area contributed by atoms with Crippen molar-refractivity contribution in [2.45, 2.75) is 33.2 Å². The van der Waals surface area contributed by atoms with Gasteiger partial charge in [-0.3, -0.25) is 9.59 Å². The van der Waals surface area contributed by atoms with E-state index in [9.17, 15) is 9.59 Å². The summed E-state index contributed by atoms with van der Waals surface area (Å²) in [5.74, 6) is 0.133. The van der Waals surface area contributed by atoms with Crippen LogP contribution in [0.25, 0.3) is 0 Å². The second-order valence-electron chi connectivity index (χ2n) is 7.96. The predicted molar refractivity (Wildman–Crippen MR) is 104 cm³/mol. The largest absolute Gasteiger partial charge is 0.368 e. The molecule has 1 fully saturated rings. The monoisotopic (exact) mass is 361 g/mol. The van der Waals surface area contributed by atoms with Crippen LogP contribution in [0.2, 0.25) is 0 Å². The summed E-state index contributed by atoms with van der Waals surface area (Å²) in [5.41, 5.74) is 0.965. The zero-order chi connectivity index (χ0) is 19.2. The normalized spacial score (nSPS) is 16.3. The number of nitrogens with zero attached hydrogens (tertiary/aromatic N) is 2. The maximum absolute atomic E-state index is 12.6. The third kappa shape index (κ3) is 6.33. The van der Waals surface area contributed by atoms with Crippen LogP contribution in [-0.2, 0) is 9.59 Å². The molecule has 1 heterocycles. The predicted octanol–water partition coefficient (Wildman–Crippen LogP) is 0.155. The highest BCUT2D eigenvalue weighted by Crippen LogP contribution is 2.15. The number of amides is 2. The zero-order valence-electron chi connectivity index (χ0n) is 16.5. The van der Waals surface area contributed by atoms with E-state index in [0.717, 1.165) is 37.6 Å². The number of carbonyl (C=O) groups excluding carboxylic acids is 2. The van der Waals surface area contributed by atoms with E-state index < -0.39 is 0 Å². The van der Waals surface area contributed by atoms with Gasteiger partial charge in [0.2, 0.25) is 0 Å². The van der Waals surface area contributed by atoms with Gasteiger partial charge in [-0.05, 0) is 39.8 Å². The molecular weight excluding hydrogens is 328 g/mol. The first-order chi connectivity index (χ1) is 12.3. The zero-order valence-corrected chi connectivity index (χ0v) is 16.5. The van der Waals surface area contributed by atoms with Gasteiger partial charge < -0.3 is 20.0 Å². The van der Waals surface area contributed by atoms with Crippen LogP contribution in [0.1, 0.15) is 27.7 Å².